The van der Waals surface area contributed by atoms with Crippen LogP contribution in [-0.4, -0.2) is 81.7 Å². The summed E-state index contributed by atoms with van der Waals surface area (Å²) in [6.07, 6.45) is 3.92. The van der Waals surface area contributed by atoms with E-state index >= 15 is 0 Å². The van der Waals surface area contributed by atoms with Crippen LogP contribution in [0, 0.1) is 11.8 Å². The molecule has 4 atom stereocenters. The fraction of sp³-hybridized carbons (Fsp3) is 0.407. The third-order valence-corrected chi connectivity index (χ3v) is 11.8. The van der Waals surface area contributed by atoms with Crippen LogP contribution >= 0.6 is 0 Å². The van der Waals surface area contributed by atoms with Gasteiger partial charge in [-0.15, -0.1) is 6.58 Å². The minimum absolute atomic E-state index is 0.0115. The molecule has 0 aliphatic carbocycles. The van der Waals surface area contributed by atoms with E-state index in [4.69, 9.17) is 0 Å². The number of benzene rings is 5. The van der Waals surface area contributed by atoms with Crippen LogP contribution in [0.3, 0.4) is 0 Å². The summed E-state index contributed by atoms with van der Waals surface area (Å²) in [6.45, 7) is 23.3. The van der Waals surface area contributed by atoms with Gasteiger partial charge >= 0.3 is 0 Å². The molecule has 0 fully saturated rings. The molecule has 59 heavy (non-hydrogen) atoms. The van der Waals surface area contributed by atoms with Crippen molar-refractivity contribution in [3.63, 3.8) is 0 Å². The summed E-state index contributed by atoms with van der Waals surface area (Å²) in [5.74, 6) is 0.913. The van der Waals surface area contributed by atoms with Gasteiger partial charge in [0.25, 0.3) is 0 Å². The van der Waals surface area contributed by atoms with E-state index in [1.165, 1.54) is 27.8 Å². The Hall–Kier alpha value is -4.36. The highest BCUT2D eigenvalue weighted by molar-refractivity contribution is 5.20. The monoisotopic (exact) mass is 793 g/mol. The molecule has 5 heteroatoms. The van der Waals surface area contributed by atoms with Gasteiger partial charge in [-0.05, 0) is 59.4 Å². The lowest BCUT2D eigenvalue weighted by atomic mass is 9.95. The van der Waals surface area contributed by atoms with Gasteiger partial charge in [-0.3, -0.25) is 19.6 Å². The maximum Gasteiger partial charge on any atom is 0.0590 e. The van der Waals surface area contributed by atoms with Crippen molar-refractivity contribution < 1.29 is 5.11 Å². The quantitative estimate of drug-likeness (QED) is 0.0564. The summed E-state index contributed by atoms with van der Waals surface area (Å²) in [7, 11) is 0. The fourth-order valence-electron chi connectivity index (χ4n) is 8.63. The number of aliphatic hydroxyl groups excluding tert-OH is 1. The van der Waals surface area contributed by atoms with Gasteiger partial charge in [0.05, 0.1) is 6.61 Å². The predicted molar refractivity (Wildman–Crippen MR) is 250 cm³/mol. The average Bonchev–Trinajstić information content (AvgIpc) is 3.25. The van der Waals surface area contributed by atoms with Gasteiger partial charge in [-0.1, -0.05) is 185 Å². The van der Waals surface area contributed by atoms with Crippen LogP contribution in [0.2, 0.25) is 0 Å². The van der Waals surface area contributed by atoms with Gasteiger partial charge in [-0.2, -0.15) is 0 Å². The Bertz CT molecular complexity index is 1840. The number of aliphatic hydroxyl groups is 1. The number of nitrogens with zero attached hydrogens (tertiary/aromatic N) is 4. The highest BCUT2D eigenvalue weighted by Crippen LogP contribution is 2.26. The zero-order valence-corrected chi connectivity index (χ0v) is 36.7. The highest BCUT2D eigenvalue weighted by Gasteiger charge is 2.32. The SMILES string of the molecule is C=CCN(Cc1ccccc1)[C@@H](C)CN(Cc1ccccc1)[C@H](CN(Cc1ccccc1)[C@@H](CC(C)C)CN(Cc1ccccc1)[C@H](CO)Cc1ccccc1)C(C)C. The molecule has 0 radical (unpaired) electrons. The molecule has 0 amide bonds. The molecule has 0 bridgehead atoms. The van der Waals surface area contributed by atoms with E-state index in [0.29, 0.717) is 23.9 Å². The molecule has 0 saturated heterocycles. The Morgan fingerprint density at radius 2 is 0.864 bits per heavy atom. The molecule has 5 nitrogen and oxygen atoms in total. The first-order chi connectivity index (χ1) is 28.7. The van der Waals surface area contributed by atoms with Crippen molar-refractivity contribution >= 4 is 0 Å². The Labute approximate surface area is 358 Å². The second-order valence-electron chi connectivity index (χ2n) is 17.4. The van der Waals surface area contributed by atoms with Crippen LogP contribution in [0.15, 0.2) is 164 Å². The van der Waals surface area contributed by atoms with E-state index in [1.54, 1.807) is 0 Å². The average molecular weight is 793 g/mol. The van der Waals surface area contributed by atoms with Crippen molar-refractivity contribution in [2.24, 2.45) is 11.8 Å². The Morgan fingerprint density at radius 1 is 0.475 bits per heavy atom. The van der Waals surface area contributed by atoms with E-state index < -0.39 is 0 Å². The predicted octanol–water partition coefficient (Wildman–Crippen LogP) is 10.6. The molecule has 0 spiro atoms. The van der Waals surface area contributed by atoms with Crippen molar-refractivity contribution in [1.82, 2.24) is 19.6 Å². The van der Waals surface area contributed by atoms with Crippen LogP contribution in [0.4, 0.5) is 0 Å². The summed E-state index contributed by atoms with van der Waals surface area (Å²) in [6, 6.07) is 55.3. The molecule has 0 aliphatic heterocycles. The summed E-state index contributed by atoms with van der Waals surface area (Å²) < 4.78 is 0. The molecular formula is C54H72N4O. The minimum atomic E-state index is -0.0115. The minimum Gasteiger partial charge on any atom is -0.395 e. The van der Waals surface area contributed by atoms with Gasteiger partial charge in [0, 0.05) is 76.5 Å². The van der Waals surface area contributed by atoms with Crippen molar-refractivity contribution in [3.8, 4) is 0 Å². The smallest absolute Gasteiger partial charge is 0.0590 e. The zero-order valence-electron chi connectivity index (χ0n) is 36.7. The van der Waals surface area contributed by atoms with Gasteiger partial charge in [0.1, 0.15) is 0 Å². The normalized spacial score (nSPS) is 14.0. The Balaban J connectivity index is 1.52. The van der Waals surface area contributed by atoms with E-state index in [2.05, 4.69) is 219 Å². The number of hydrogen-bond donors (Lipinski definition) is 1. The standard InChI is InChI=1S/C54H72N4O/c1-7-33-55(37-48-25-15-9-16-26-48)46(6)36-58(40-51-31-21-12-22-32-51)54(45(4)5)42-57(39-50-29-19-11-20-30-50)52(34-44(2)3)41-56(38-49-27-17-10-18-28-49)53(43-59)35-47-23-13-8-14-24-47/h7-32,44-46,52-54,59H,1,33-43H2,2-6H3/t46-,52-,53-,54+/m0/s1. The highest BCUT2D eigenvalue weighted by atomic mass is 16.3. The molecule has 314 valence electrons. The fourth-order valence-corrected chi connectivity index (χ4v) is 8.63. The molecule has 0 aliphatic rings. The molecule has 5 aromatic rings. The molecule has 5 rings (SSSR count). The lowest BCUT2D eigenvalue weighted by Crippen LogP contribution is -2.55. The summed E-state index contributed by atoms with van der Waals surface area (Å²) >= 11 is 0. The van der Waals surface area contributed by atoms with Crippen molar-refractivity contribution in [1.29, 1.82) is 0 Å². The van der Waals surface area contributed by atoms with Crippen LogP contribution in [0.25, 0.3) is 0 Å². The third kappa shape index (κ3) is 15.3. The molecule has 0 aromatic heterocycles. The lowest BCUT2D eigenvalue weighted by Gasteiger charge is -2.45. The van der Waals surface area contributed by atoms with Crippen molar-refractivity contribution in [3.05, 3.63) is 192 Å². The second-order valence-corrected chi connectivity index (χ2v) is 17.4. The second kappa shape index (κ2) is 24.7. The van der Waals surface area contributed by atoms with Crippen LogP contribution in [-0.2, 0) is 32.6 Å². The molecule has 0 saturated carbocycles. The third-order valence-electron chi connectivity index (χ3n) is 11.8. The van der Waals surface area contributed by atoms with E-state index in [1.807, 2.05) is 0 Å². The number of rotatable bonds is 26. The van der Waals surface area contributed by atoms with E-state index in [-0.39, 0.29) is 18.7 Å². The zero-order chi connectivity index (χ0) is 41.8. The lowest BCUT2D eigenvalue weighted by molar-refractivity contribution is 0.0260. The van der Waals surface area contributed by atoms with Crippen LogP contribution < -0.4 is 0 Å². The molecule has 1 N–H and O–H groups in total. The van der Waals surface area contributed by atoms with E-state index in [9.17, 15) is 5.11 Å². The topological polar surface area (TPSA) is 33.2 Å². The van der Waals surface area contributed by atoms with Gasteiger partial charge in [0.2, 0.25) is 0 Å². The molecule has 0 heterocycles. The molecular weight excluding hydrogens is 721 g/mol. The summed E-state index contributed by atoms with van der Waals surface area (Å²) in [5.41, 5.74) is 6.55. The first-order valence-electron chi connectivity index (χ1n) is 22.1. The van der Waals surface area contributed by atoms with Gasteiger partial charge in [0.15, 0.2) is 0 Å². The largest absolute Gasteiger partial charge is 0.395 e. The van der Waals surface area contributed by atoms with Gasteiger partial charge < -0.3 is 5.11 Å². The molecule has 5 aromatic carbocycles. The Morgan fingerprint density at radius 3 is 1.25 bits per heavy atom. The van der Waals surface area contributed by atoms with Crippen LogP contribution in [0.1, 0.15) is 68.9 Å². The summed E-state index contributed by atoms with van der Waals surface area (Å²) in [5, 5.41) is 11.1. The van der Waals surface area contributed by atoms with Crippen LogP contribution in [0.5, 0.6) is 0 Å². The number of hydrogen-bond acceptors (Lipinski definition) is 5. The van der Waals surface area contributed by atoms with Crippen molar-refractivity contribution in [2.45, 2.75) is 97.8 Å². The first-order valence-corrected chi connectivity index (χ1v) is 22.1. The maximum absolute atomic E-state index is 11.1. The summed E-state index contributed by atoms with van der Waals surface area (Å²) in [4.78, 5) is 10.7. The first kappa shape index (κ1) is 45.7. The Kier molecular flexibility index (Phi) is 19.1. The molecule has 0 unspecified atom stereocenters. The van der Waals surface area contributed by atoms with Gasteiger partial charge in [-0.25, -0.2) is 0 Å². The van der Waals surface area contributed by atoms with Crippen molar-refractivity contribution in [2.75, 3.05) is 32.8 Å². The maximum atomic E-state index is 11.1. The van der Waals surface area contributed by atoms with E-state index in [0.717, 1.165) is 65.2 Å².